The van der Waals surface area contributed by atoms with Crippen LogP contribution in [-0.4, -0.2) is 5.71 Å². The highest BCUT2D eigenvalue weighted by Crippen LogP contribution is 2.58. The number of hydrogen-bond acceptors (Lipinski definition) is 3. The van der Waals surface area contributed by atoms with E-state index < -0.39 is 5.41 Å². The Morgan fingerprint density at radius 2 is 0.970 bits per heavy atom. The summed E-state index contributed by atoms with van der Waals surface area (Å²) in [5.74, 6) is 0. The molecule has 2 N–H and O–H groups in total. The van der Waals surface area contributed by atoms with E-state index in [1.807, 2.05) is 36.4 Å². The first-order chi connectivity index (χ1) is 33.2. The zero-order valence-electron chi connectivity index (χ0n) is 36.8. The molecule has 0 saturated carbocycles. The van der Waals surface area contributed by atoms with Crippen molar-refractivity contribution in [2.75, 3.05) is 4.90 Å². The fourth-order valence-corrected chi connectivity index (χ4v) is 10.6. The molecule has 10 aromatic rings. The lowest BCUT2D eigenvalue weighted by atomic mass is 9.67. The SMILES string of the molecule is N=C(/C(=C1\NC(c2ccccc2)=Cc2c1cccc2N(c1ccc2c(c1)C(c1ccccc1)(c1ccccc1)c1ccccc1-2)c1cccc2ccccc12)c1ccccc1)c1ccccc1. The standard InChI is InChI=1S/C64H45N3/c65-62(47-27-10-3-11-28-47)61(46-25-8-2-9-26-46)63-54-36-21-39-60(55(54)43-58(66-63)45-23-6-1-7-24-45)67(59-38-20-29-44-22-16-17-34-51(44)59)50-40-41-53-52-35-18-19-37-56(52)64(57(53)42-50,48-30-12-4-13-31-48)49-32-14-5-15-33-49/h1-43,65-66H/b63-61-,65-62?. The third kappa shape index (κ3) is 6.63. The van der Waals surface area contributed by atoms with Gasteiger partial charge in [-0.25, -0.2) is 0 Å². The van der Waals surface area contributed by atoms with Crippen LogP contribution in [0.25, 0.3) is 44.9 Å². The number of hydrogen-bond donors (Lipinski definition) is 2. The molecule has 316 valence electrons. The van der Waals surface area contributed by atoms with E-state index in [-0.39, 0.29) is 0 Å². The van der Waals surface area contributed by atoms with Gasteiger partial charge in [-0.05, 0) is 80.2 Å². The molecule has 3 heteroatoms. The van der Waals surface area contributed by atoms with Crippen molar-refractivity contribution in [1.82, 2.24) is 5.32 Å². The van der Waals surface area contributed by atoms with Gasteiger partial charge in [-0.3, -0.25) is 5.41 Å². The summed E-state index contributed by atoms with van der Waals surface area (Å²) < 4.78 is 0. The number of anilines is 3. The summed E-state index contributed by atoms with van der Waals surface area (Å²) >= 11 is 0. The van der Waals surface area contributed by atoms with Crippen LogP contribution in [0, 0.1) is 5.41 Å². The minimum Gasteiger partial charge on any atom is -0.354 e. The van der Waals surface area contributed by atoms with Gasteiger partial charge >= 0.3 is 0 Å². The van der Waals surface area contributed by atoms with Gasteiger partial charge in [0.1, 0.15) is 0 Å². The van der Waals surface area contributed by atoms with E-state index in [4.69, 9.17) is 0 Å². The van der Waals surface area contributed by atoms with Crippen molar-refractivity contribution in [1.29, 1.82) is 5.41 Å². The van der Waals surface area contributed by atoms with Gasteiger partial charge in [0.05, 0.1) is 28.2 Å². The summed E-state index contributed by atoms with van der Waals surface area (Å²) in [7, 11) is 0. The van der Waals surface area contributed by atoms with Gasteiger partial charge in [0.15, 0.2) is 0 Å². The Balaban J connectivity index is 1.17. The number of nitrogens with zero attached hydrogens (tertiary/aromatic N) is 1. The minimum absolute atomic E-state index is 0.447. The van der Waals surface area contributed by atoms with Gasteiger partial charge in [-0.1, -0.05) is 231 Å². The van der Waals surface area contributed by atoms with Crippen LogP contribution in [0.2, 0.25) is 0 Å². The van der Waals surface area contributed by atoms with Gasteiger partial charge in [0, 0.05) is 39.0 Å². The lowest BCUT2D eigenvalue weighted by molar-refractivity contribution is 0.768. The van der Waals surface area contributed by atoms with Crippen LogP contribution in [0.5, 0.6) is 0 Å². The molecule has 3 nitrogen and oxygen atoms in total. The first kappa shape index (κ1) is 39.8. The predicted octanol–water partition coefficient (Wildman–Crippen LogP) is 15.7. The molecule has 0 aromatic heterocycles. The van der Waals surface area contributed by atoms with Crippen molar-refractivity contribution in [3.63, 3.8) is 0 Å². The number of fused-ring (bicyclic) bond motifs is 5. The van der Waals surface area contributed by atoms with Crippen LogP contribution in [0.1, 0.15) is 50.1 Å². The number of rotatable bonds is 9. The maximum absolute atomic E-state index is 9.95. The topological polar surface area (TPSA) is 39.1 Å². The highest BCUT2D eigenvalue weighted by atomic mass is 15.1. The first-order valence-corrected chi connectivity index (χ1v) is 22.9. The van der Waals surface area contributed by atoms with Crippen molar-refractivity contribution >= 4 is 56.6 Å². The molecule has 0 amide bonds. The van der Waals surface area contributed by atoms with E-state index in [0.29, 0.717) is 5.71 Å². The van der Waals surface area contributed by atoms with Gasteiger partial charge in [-0.15, -0.1) is 0 Å². The Morgan fingerprint density at radius 3 is 1.69 bits per heavy atom. The molecule has 0 spiro atoms. The molecule has 0 radical (unpaired) electrons. The zero-order chi connectivity index (χ0) is 44.7. The summed E-state index contributed by atoms with van der Waals surface area (Å²) in [6, 6.07) is 91.1. The first-order valence-electron chi connectivity index (χ1n) is 22.9. The zero-order valence-corrected chi connectivity index (χ0v) is 36.8. The van der Waals surface area contributed by atoms with E-state index in [1.54, 1.807) is 0 Å². The molecule has 0 saturated heterocycles. The average Bonchev–Trinajstić information content (AvgIpc) is 3.70. The molecule has 0 bridgehead atoms. The van der Waals surface area contributed by atoms with Crippen molar-refractivity contribution in [2.24, 2.45) is 0 Å². The molecule has 2 aliphatic rings. The molecular weight excluding hydrogens is 811 g/mol. The maximum atomic E-state index is 9.95. The maximum Gasteiger partial charge on any atom is 0.0714 e. The predicted molar refractivity (Wildman–Crippen MR) is 280 cm³/mol. The molecular formula is C64H45N3. The van der Waals surface area contributed by atoms with E-state index in [0.717, 1.165) is 72.6 Å². The fourth-order valence-electron chi connectivity index (χ4n) is 10.6. The molecule has 1 aliphatic heterocycles. The Hall–Kier alpha value is -8.79. The van der Waals surface area contributed by atoms with Crippen molar-refractivity contribution < 1.29 is 0 Å². The van der Waals surface area contributed by atoms with Crippen LogP contribution in [-0.2, 0) is 5.41 Å². The number of nitrogens with one attached hydrogen (secondary N) is 2. The van der Waals surface area contributed by atoms with E-state index in [2.05, 4.69) is 235 Å². The normalized spacial score (nSPS) is 13.9. The van der Waals surface area contributed by atoms with E-state index in [9.17, 15) is 5.41 Å². The molecule has 0 atom stereocenters. The van der Waals surface area contributed by atoms with Crippen LogP contribution in [0.3, 0.4) is 0 Å². The fraction of sp³-hybridized carbons (Fsp3) is 0.0156. The van der Waals surface area contributed by atoms with Crippen LogP contribution in [0.4, 0.5) is 17.1 Å². The largest absolute Gasteiger partial charge is 0.354 e. The second kappa shape index (κ2) is 16.6. The Labute approximate surface area is 391 Å². The quantitative estimate of drug-likeness (QED) is 0.142. The molecule has 67 heavy (non-hydrogen) atoms. The highest BCUT2D eigenvalue weighted by molar-refractivity contribution is 6.36. The summed E-state index contributed by atoms with van der Waals surface area (Å²) in [6.45, 7) is 0. The van der Waals surface area contributed by atoms with E-state index >= 15 is 0 Å². The Morgan fingerprint density at radius 1 is 0.433 bits per heavy atom. The summed E-state index contributed by atoms with van der Waals surface area (Å²) in [5, 5.41) is 16.2. The summed E-state index contributed by atoms with van der Waals surface area (Å²) in [6.07, 6.45) is 2.30. The van der Waals surface area contributed by atoms with Crippen LogP contribution < -0.4 is 10.2 Å². The second-order valence-electron chi connectivity index (χ2n) is 17.2. The third-order valence-corrected chi connectivity index (χ3v) is 13.6. The molecule has 10 aromatic carbocycles. The van der Waals surface area contributed by atoms with Crippen molar-refractivity contribution in [2.45, 2.75) is 5.41 Å². The van der Waals surface area contributed by atoms with Crippen molar-refractivity contribution in [3.05, 3.63) is 305 Å². The third-order valence-electron chi connectivity index (χ3n) is 13.6. The molecule has 0 unspecified atom stereocenters. The van der Waals surface area contributed by atoms with Gasteiger partial charge in [0.25, 0.3) is 0 Å². The Kier molecular flexibility index (Phi) is 9.88. The van der Waals surface area contributed by atoms with E-state index in [1.165, 1.54) is 33.4 Å². The monoisotopic (exact) mass is 855 g/mol. The molecule has 12 rings (SSSR count). The van der Waals surface area contributed by atoms with Crippen LogP contribution in [0.15, 0.2) is 255 Å². The van der Waals surface area contributed by atoms with Crippen LogP contribution >= 0.6 is 0 Å². The smallest absolute Gasteiger partial charge is 0.0714 e. The summed E-state index contributed by atoms with van der Waals surface area (Å²) in [5.41, 5.74) is 18.1. The number of benzene rings is 10. The highest BCUT2D eigenvalue weighted by Gasteiger charge is 2.46. The average molecular weight is 856 g/mol. The second-order valence-corrected chi connectivity index (χ2v) is 17.2. The van der Waals surface area contributed by atoms with Gasteiger partial charge < -0.3 is 10.2 Å². The Bertz CT molecular complexity index is 3490. The minimum atomic E-state index is -0.576. The summed E-state index contributed by atoms with van der Waals surface area (Å²) in [4.78, 5) is 2.47. The lowest BCUT2D eigenvalue weighted by Crippen LogP contribution is -2.28. The molecule has 1 heterocycles. The van der Waals surface area contributed by atoms with Gasteiger partial charge in [0.2, 0.25) is 0 Å². The molecule has 1 aliphatic carbocycles. The molecule has 0 fully saturated rings. The van der Waals surface area contributed by atoms with Crippen molar-refractivity contribution in [3.8, 4) is 11.1 Å². The number of allylic oxidation sites excluding steroid dienone is 1. The van der Waals surface area contributed by atoms with Gasteiger partial charge in [-0.2, -0.15) is 0 Å². The lowest BCUT2D eigenvalue weighted by Gasteiger charge is -2.35.